The van der Waals surface area contributed by atoms with Crippen molar-refractivity contribution in [3.63, 3.8) is 0 Å². The minimum absolute atomic E-state index is 0.217. The van der Waals surface area contributed by atoms with Gasteiger partial charge in [-0.15, -0.1) is 10.2 Å². The van der Waals surface area contributed by atoms with Gasteiger partial charge in [0, 0.05) is 13.0 Å². The van der Waals surface area contributed by atoms with E-state index in [2.05, 4.69) is 32.3 Å². The number of hydrogen-bond acceptors (Lipinski definition) is 6. The van der Waals surface area contributed by atoms with E-state index >= 15 is 0 Å². The monoisotopic (exact) mass is 340 g/mol. The number of aliphatic hydroxyl groups is 1. The Hall–Kier alpha value is -1.51. The van der Waals surface area contributed by atoms with Gasteiger partial charge in [-0.05, 0) is 41.7 Å². The van der Waals surface area contributed by atoms with Crippen molar-refractivity contribution in [1.29, 1.82) is 0 Å². The van der Waals surface area contributed by atoms with Crippen LogP contribution in [0.1, 0.15) is 30.8 Å². The van der Waals surface area contributed by atoms with Crippen molar-refractivity contribution < 1.29 is 9.90 Å². The molecule has 2 amide bonds. The highest BCUT2D eigenvalue weighted by Gasteiger charge is 2.11. The second-order valence-corrected chi connectivity index (χ2v) is 7.18. The number of carbonyl (C=O) groups is 1. The minimum atomic E-state index is -0.359. The van der Waals surface area contributed by atoms with Crippen LogP contribution in [-0.4, -0.2) is 34.0 Å². The highest BCUT2D eigenvalue weighted by atomic mass is 32.1. The van der Waals surface area contributed by atoms with Crippen LogP contribution in [0.25, 0.3) is 0 Å². The van der Waals surface area contributed by atoms with Gasteiger partial charge in [0.2, 0.25) is 5.13 Å². The maximum Gasteiger partial charge on any atom is 0.321 e. The molecule has 22 heavy (non-hydrogen) atoms. The molecule has 2 rings (SSSR count). The second-order valence-electron chi connectivity index (χ2n) is 5.33. The summed E-state index contributed by atoms with van der Waals surface area (Å²) in [6.07, 6.45) is 1.03. The fourth-order valence-corrected chi connectivity index (χ4v) is 3.45. The molecular weight excluding hydrogens is 320 g/mol. The molecule has 0 unspecified atom stereocenters. The van der Waals surface area contributed by atoms with Crippen LogP contribution in [0.5, 0.6) is 0 Å². The first-order valence-corrected chi connectivity index (χ1v) is 8.85. The van der Waals surface area contributed by atoms with Gasteiger partial charge >= 0.3 is 6.03 Å². The molecule has 2 aromatic heterocycles. The third-order valence-electron chi connectivity index (χ3n) is 2.98. The highest BCUT2D eigenvalue weighted by Crippen LogP contribution is 2.19. The van der Waals surface area contributed by atoms with E-state index < -0.39 is 0 Å². The number of carbonyl (C=O) groups excluding carboxylic acids is 1. The molecule has 0 saturated heterocycles. The number of aromatic nitrogens is 2. The SMILES string of the molecule is C[C@@H](CNC(=O)Nc1nnc(Cc2ccsc2)s1)C[C@@H](C)O. The number of rotatable bonds is 7. The zero-order valence-corrected chi connectivity index (χ0v) is 14.2. The van der Waals surface area contributed by atoms with Crippen molar-refractivity contribution in [1.82, 2.24) is 15.5 Å². The van der Waals surface area contributed by atoms with Crippen LogP contribution in [-0.2, 0) is 6.42 Å². The summed E-state index contributed by atoms with van der Waals surface area (Å²) in [4.78, 5) is 11.8. The number of urea groups is 1. The predicted octanol–water partition coefficient (Wildman–Crippen LogP) is 2.72. The van der Waals surface area contributed by atoms with Crippen molar-refractivity contribution in [2.45, 2.75) is 32.8 Å². The first-order valence-electron chi connectivity index (χ1n) is 7.09. The molecule has 3 N–H and O–H groups in total. The van der Waals surface area contributed by atoms with Crippen molar-refractivity contribution in [3.8, 4) is 0 Å². The topological polar surface area (TPSA) is 87.1 Å². The Morgan fingerprint density at radius 3 is 2.91 bits per heavy atom. The average Bonchev–Trinajstić information content (AvgIpc) is 3.08. The molecule has 0 aliphatic rings. The summed E-state index contributed by atoms with van der Waals surface area (Å²) in [5.41, 5.74) is 1.20. The molecule has 0 fully saturated rings. The molecule has 2 aromatic rings. The Morgan fingerprint density at radius 2 is 2.23 bits per heavy atom. The lowest BCUT2D eigenvalue weighted by Gasteiger charge is -2.13. The average molecular weight is 340 g/mol. The van der Waals surface area contributed by atoms with E-state index in [1.165, 1.54) is 16.9 Å². The maximum absolute atomic E-state index is 11.8. The van der Waals surface area contributed by atoms with Crippen LogP contribution >= 0.6 is 22.7 Å². The molecule has 0 bridgehead atoms. The maximum atomic E-state index is 11.8. The molecule has 6 nitrogen and oxygen atoms in total. The third-order valence-corrected chi connectivity index (χ3v) is 4.55. The summed E-state index contributed by atoms with van der Waals surface area (Å²) in [5, 5.41) is 28.3. The van der Waals surface area contributed by atoms with Gasteiger partial charge in [0.05, 0.1) is 6.10 Å². The van der Waals surface area contributed by atoms with Gasteiger partial charge < -0.3 is 10.4 Å². The van der Waals surface area contributed by atoms with Crippen LogP contribution in [0.3, 0.4) is 0 Å². The van der Waals surface area contributed by atoms with Crippen molar-refractivity contribution >= 4 is 33.8 Å². The molecule has 0 aliphatic carbocycles. The Kier molecular flexibility index (Phi) is 6.29. The Labute approximate surface area is 137 Å². The van der Waals surface area contributed by atoms with E-state index in [0.717, 1.165) is 11.4 Å². The summed E-state index contributed by atoms with van der Waals surface area (Å²) < 4.78 is 0. The number of amides is 2. The van der Waals surface area contributed by atoms with Gasteiger partial charge in [-0.1, -0.05) is 18.3 Å². The number of thiophene rings is 1. The van der Waals surface area contributed by atoms with Gasteiger partial charge in [-0.25, -0.2) is 4.79 Å². The number of anilines is 1. The Bertz CT molecular complexity index is 583. The van der Waals surface area contributed by atoms with Crippen LogP contribution < -0.4 is 10.6 Å². The van der Waals surface area contributed by atoms with Gasteiger partial charge in [0.25, 0.3) is 0 Å². The lowest BCUT2D eigenvalue weighted by Crippen LogP contribution is -2.33. The first-order chi connectivity index (χ1) is 10.5. The normalized spacial score (nSPS) is 13.6. The summed E-state index contributed by atoms with van der Waals surface area (Å²) in [6, 6.07) is 1.76. The summed E-state index contributed by atoms with van der Waals surface area (Å²) >= 11 is 3.02. The fraction of sp³-hybridized carbons (Fsp3) is 0.500. The molecule has 2 atom stereocenters. The third kappa shape index (κ3) is 5.70. The van der Waals surface area contributed by atoms with Gasteiger partial charge in [0.1, 0.15) is 5.01 Å². The van der Waals surface area contributed by atoms with Crippen LogP contribution in [0.15, 0.2) is 16.8 Å². The van der Waals surface area contributed by atoms with Crippen LogP contribution in [0.2, 0.25) is 0 Å². The zero-order valence-electron chi connectivity index (χ0n) is 12.6. The molecule has 8 heteroatoms. The number of nitrogens with one attached hydrogen (secondary N) is 2. The number of hydrogen-bond donors (Lipinski definition) is 3. The van der Waals surface area contributed by atoms with Crippen molar-refractivity contribution in [2.75, 3.05) is 11.9 Å². The van der Waals surface area contributed by atoms with E-state index in [1.807, 2.05) is 12.3 Å². The molecule has 0 aromatic carbocycles. The van der Waals surface area contributed by atoms with Crippen LogP contribution in [0, 0.1) is 5.92 Å². The van der Waals surface area contributed by atoms with Gasteiger partial charge in [-0.2, -0.15) is 11.3 Å². The van der Waals surface area contributed by atoms with E-state index in [0.29, 0.717) is 18.1 Å². The van der Waals surface area contributed by atoms with E-state index in [4.69, 9.17) is 0 Å². The highest BCUT2D eigenvalue weighted by molar-refractivity contribution is 7.15. The van der Waals surface area contributed by atoms with E-state index in [1.54, 1.807) is 18.3 Å². The lowest BCUT2D eigenvalue weighted by atomic mass is 10.1. The van der Waals surface area contributed by atoms with E-state index in [9.17, 15) is 9.90 Å². The quantitative estimate of drug-likeness (QED) is 0.723. The molecule has 0 radical (unpaired) electrons. The van der Waals surface area contributed by atoms with E-state index in [-0.39, 0.29) is 18.1 Å². The predicted molar refractivity (Wildman–Crippen MR) is 89.5 cm³/mol. The Morgan fingerprint density at radius 1 is 1.41 bits per heavy atom. The molecule has 2 heterocycles. The number of nitrogens with zero attached hydrogens (tertiary/aromatic N) is 2. The zero-order chi connectivity index (χ0) is 15.9. The summed E-state index contributed by atoms with van der Waals surface area (Å²) in [7, 11) is 0. The molecule has 120 valence electrons. The molecule has 0 saturated carbocycles. The second kappa shape index (κ2) is 8.21. The summed E-state index contributed by atoms with van der Waals surface area (Å²) in [6.45, 7) is 4.24. The lowest BCUT2D eigenvalue weighted by molar-refractivity contribution is 0.163. The van der Waals surface area contributed by atoms with Gasteiger partial charge in [0.15, 0.2) is 0 Å². The van der Waals surface area contributed by atoms with Crippen LogP contribution in [0.4, 0.5) is 9.93 Å². The van der Waals surface area contributed by atoms with Crippen molar-refractivity contribution in [3.05, 3.63) is 27.4 Å². The first kappa shape index (κ1) is 16.9. The van der Waals surface area contributed by atoms with Gasteiger partial charge in [-0.3, -0.25) is 5.32 Å². The Balaban J connectivity index is 1.76. The molecule has 0 aliphatic heterocycles. The number of aliphatic hydroxyl groups excluding tert-OH is 1. The largest absolute Gasteiger partial charge is 0.393 e. The molecular formula is C14H20N4O2S2. The summed E-state index contributed by atoms with van der Waals surface area (Å²) in [5.74, 6) is 0.217. The molecule has 0 spiro atoms. The smallest absolute Gasteiger partial charge is 0.321 e. The van der Waals surface area contributed by atoms with Crippen molar-refractivity contribution in [2.24, 2.45) is 5.92 Å². The standard InChI is InChI=1S/C14H20N4O2S2/c1-9(5-10(2)19)7-15-13(20)16-14-18-17-12(22-14)6-11-3-4-21-8-11/h3-4,8-10,19H,5-7H2,1-2H3,(H2,15,16,18,20)/t9-,10-/m1/s1. The fourth-order valence-electron chi connectivity index (χ4n) is 2.02. The minimum Gasteiger partial charge on any atom is -0.393 e.